The standard InChI is InChI=1S/C5H9O2S.2C4H7O2S.Sn/c1-4(3-8)5(6)7-2;2*1-6-4(5)2-3-7;/h3-4,8H,1-2H3;2*3,7H,2H2,1H3;. The Labute approximate surface area is 160 Å². The second kappa shape index (κ2) is 11.8. The monoisotopic (exact) mass is 491 g/mol. The van der Waals surface area contributed by atoms with Crippen LogP contribution in [0.2, 0.25) is 0 Å². The molecule has 6 nitrogen and oxygen atoms in total. The SMILES string of the molecule is COC(=O)C[CH](S)[Sn]([CH](S)CC(=O)OC)[CH](S)C(C)C(=O)OC. The molecule has 4 atom stereocenters. The molecular formula is C13H23O6S3Sn. The Kier molecular flexibility index (Phi) is 11.9. The second-order valence-electron chi connectivity index (χ2n) is 4.85. The van der Waals surface area contributed by atoms with E-state index >= 15 is 0 Å². The van der Waals surface area contributed by atoms with Crippen molar-refractivity contribution in [3.05, 3.63) is 0 Å². The number of esters is 3. The first-order valence-electron chi connectivity index (χ1n) is 6.81. The third-order valence-electron chi connectivity index (χ3n) is 3.33. The van der Waals surface area contributed by atoms with E-state index in [1.807, 2.05) is 0 Å². The van der Waals surface area contributed by atoms with Gasteiger partial charge >= 0.3 is 161 Å². The zero-order chi connectivity index (χ0) is 18.2. The molecule has 10 heteroatoms. The number of hydrogen-bond acceptors (Lipinski definition) is 9. The molecule has 0 heterocycles. The number of rotatable bonds is 9. The molecule has 0 aromatic carbocycles. The van der Waals surface area contributed by atoms with Crippen LogP contribution in [0.25, 0.3) is 0 Å². The summed E-state index contributed by atoms with van der Waals surface area (Å²) in [6.07, 6.45) is 0.190. The fourth-order valence-electron chi connectivity index (χ4n) is 1.94. The van der Waals surface area contributed by atoms with Gasteiger partial charge in [-0.15, -0.1) is 0 Å². The van der Waals surface area contributed by atoms with E-state index in [1.54, 1.807) is 6.92 Å². The van der Waals surface area contributed by atoms with Crippen molar-refractivity contribution in [2.24, 2.45) is 5.92 Å². The molecule has 0 rings (SSSR count). The predicted molar refractivity (Wildman–Crippen MR) is 98.5 cm³/mol. The molecule has 133 valence electrons. The molecule has 0 spiro atoms. The van der Waals surface area contributed by atoms with Crippen LogP contribution in [-0.2, 0) is 28.6 Å². The number of carbonyl (C=O) groups is 3. The number of thiol groups is 3. The summed E-state index contributed by atoms with van der Waals surface area (Å²) in [6.45, 7) is 1.71. The number of carbonyl (C=O) groups excluding carboxylic acids is 3. The van der Waals surface area contributed by atoms with Crippen LogP contribution in [0.5, 0.6) is 0 Å². The maximum absolute atomic E-state index is 11.8. The summed E-state index contributed by atoms with van der Waals surface area (Å²) < 4.78 is 13.2. The van der Waals surface area contributed by atoms with Crippen molar-refractivity contribution in [2.45, 2.75) is 29.6 Å². The first-order valence-corrected chi connectivity index (χ1v) is 13.3. The van der Waals surface area contributed by atoms with Gasteiger partial charge in [-0.05, 0) is 0 Å². The van der Waals surface area contributed by atoms with Crippen LogP contribution in [0.4, 0.5) is 0 Å². The number of methoxy groups -OCH3 is 3. The van der Waals surface area contributed by atoms with Crippen LogP contribution < -0.4 is 0 Å². The average Bonchev–Trinajstić information content (AvgIpc) is 2.52. The van der Waals surface area contributed by atoms with Crippen molar-refractivity contribution in [1.82, 2.24) is 0 Å². The summed E-state index contributed by atoms with van der Waals surface area (Å²) in [7, 11) is 3.91. The molecule has 0 saturated heterocycles. The zero-order valence-electron chi connectivity index (χ0n) is 13.5. The van der Waals surface area contributed by atoms with Crippen LogP contribution in [0.15, 0.2) is 0 Å². The van der Waals surface area contributed by atoms with Crippen LogP contribution in [0.1, 0.15) is 19.8 Å². The third-order valence-corrected chi connectivity index (χ3v) is 19.1. The Morgan fingerprint density at radius 1 is 0.870 bits per heavy atom. The Morgan fingerprint density at radius 3 is 1.57 bits per heavy atom. The summed E-state index contributed by atoms with van der Waals surface area (Å²) in [4.78, 5) is 34.9. The molecule has 0 N–H and O–H groups in total. The molecule has 1 radical (unpaired) electrons. The maximum atomic E-state index is 11.8. The van der Waals surface area contributed by atoms with E-state index in [0.717, 1.165) is 0 Å². The molecule has 0 fully saturated rings. The molecule has 0 aromatic heterocycles. The molecule has 23 heavy (non-hydrogen) atoms. The summed E-state index contributed by atoms with van der Waals surface area (Å²) in [5.41, 5.74) is 0. The van der Waals surface area contributed by atoms with E-state index in [-0.39, 0.29) is 28.6 Å². The Morgan fingerprint density at radius 2 is 1.26 bits per heavy atom. The summed E-state index contributed by atoms with van der Waals surface area (Å²) >= 11 is 10.8. The van der Waals surface area contributed by atoms with Gasteiger partial charge in [-0.25, -0.2) is 0 Å². The van der Waals surface area contributed by atoms with Crippen molar-refractivity contribution in [1.29, 1.82) is 0 Å². The van der Waals surface area contributed by atoms with E-state index in [4.69, 9.17) is 4.74 Å². The van der Waals surface area contributed by atoms with Gasteiger partial charge in [0, 0.05) is 0 Å². The van der Waals surface area contributed by atoms with E-state index in [2.05, 4.69) is 47.4 Å². The third kappa shape index (κ3) is 7.78. The molecular weight excluding hydrogens is 467 g/mol. The summed E-state index contributed by atoms with van der Waals surface area (Å²) in [5.74, 6) is -1.65. The fourth-order valence-corrected chi connectivity index (χ4v) is 19.6. The van der Waals surface area contributed by atoms with Gasteiger partial charge in [0.15, 0.2) is 0 Å². The Hall–Kier alpha value is 0.259. The van der Waals surface area contributed by atoms with Gasteiger partial charge in [-0.3, -0.25) is 0 Å². The topological polar surface area (TPSA) is 78.9 Å². The fraction of sp³-hybridized carbons (Fsp3) is 0.769. The molecule has 0 saturated carbocycles. The molecule has 0 aliphatic carbocycles. The van der Waals surface area contributed by atoms with E-state index in [0.29, 0.717) is 0 Å². The van der Waals surface area contributed by atoms with Gasteiger partial charge in [-0.2, -0.15) is 0 Å². The van der Waals surface area contributed by atoms with E-state index < -0.39 is 37.6 Å². The first kappa shape index (κ1) is 23.3. The first-order chi connectivity index (χ1) is 10.7. The molecule has 0 aliphatic heterocycles. The minimum atomic E-state index is -2.79. The normalized spacial score (nSPS) is 16.2. The van der Waals surface area contributed by atoms with Crippen molar-refractivity contribution in [3.8, 4) is 0 Å². The number of hydrogen-bond donors (Lipinski definition) is 3. The van der Waals surface area contributed by atoms with Gasteiger partial charge in [0.25, 0.3) is 0 Å². The summed E-state index contributed by atoms with van der Waals surface area (Å²) in [6, 6.07) is 0. The van der Waals surface area contributed by atoms with Gasteiger partial charge in [0.05, 0.1) is 0 Å². The summed E-state index contributed by atoms with van der Waals surface area (Å²) in [5, 5.41) is 0. The predicted octanol–water partition coefficient (Wildman–Crippen LogP) is 0.929. The molecule has 0 aromatic rings. The molecule has 4 unspecified atom stereocenters. The quantitative estimate of drug-likeness (QED) is 0.193. The second-order valence-corrected chi connectivity index (χ2v) is 19.4. The minimum absolute atomic E-state index is 0.0948. The molecule has 0 amide bonds. The van der Waals surface area contributed by atoms with Crippen molar-refractivity contribution < 1.29 is 28.6 Å². The van der Waals surface area contributed by atoms with Gasteiger partial charge in [0.2, 0.25) is 0 Å². The number of ether oxygens (including phenoxy) is 3. The molecule has 0 aliphatic rings. The van der Waals surface area contributed by atoms with Crippen molar-refractivity contribution in [3.63, 3.8) is 0 Å². The molecule has 0 bridgehead atoms. The van der Waals surface area contributed by atoms with Gasteiger partial charge in [-0.1, -0.05) is 0 Å². The Balaban J connectivity index is 5.29. The van der Waals surface area contributed by atoms with Gasteiger partial charge < -0.3 is 0 Å². The van der Waals surface area contributed by atoms with E-state index in [1.165, 1.54) is 21.3 Å². The average molecular weight is 490 g/mol. The Bertz CT molecular complexity index is 399. The van der Waals surface area contributed by atoms with Crippen LogP contribution in [0, 0.1) is 5.92 Å². The van der Waals surface area contributed by atoms with Crippen LogP contribution in [0.3, 0.4) is 0 Å². The zero-order valence-corrected chi connectivity index (χ0v) is 19.1. The van der Waals surface area contributed by atoms with Crippen molar-refractivity contribution >= 4 is 75.6 Å². The van der Waals surface area contributed by atoms with E-state index in [9.17, 15) is 14.4 Å². The van der Waals surface area contributed by atoms with Crippen LogP contribution in [-0.4, -0.2) is 68.8 Å². The van der Waals surface area contributed by atoms with Crippen LogP contribution >= 0.6 is 37.9 Å². The van der Waals surface area contributed by atoms with Gasteiger partial charge in [0.1, 0.15) is 0 Å². The van der Waals surface area contributed by atoms with Crippen molar-refractivity contribution in [2.75, 3.05) is 21.3 Å².